The summed E-state index contributed by atoms with van der Waals surface area (Å²) in [6.07, 6.45) is 2.47. The summed E-state index contributed by atoms with van der Waals surface area (Å²) in [4.78, 5) is 27.8. The molecule has 0 saturated heterocycles. The summed E-state index contributed by atoms with van der Waals surface area (Å²) in [6.45, 7) is 1.49. The van der Waals surface area contributed by atoms with Crippen LogP contribution in [0.15, 0.2) is 15.9 Å². The van der Waals surface area contributed by atoms with Crippen molar-refractivity contribution in [2.24, 2.45) is 14.1 Å². The monoisotopic (exact) mass is 238 g/mol. The zero-order valence-corrected chi connectivity index (χ0v) is 10.0. The van der Waals surface area contributed by atoms with Crippen LogP contribution in [0.3, 0.4) is 0 Å². The third kappa shape index (κ3) is 1.68. The van der Waals surface area contributed by atoms with E-state index in [-0.39, 0.29) is 11.2 Å². The summed E-state index contributed by atoms with van der Waals surface area (Å²) in [6, 6.07) is 0. The summed E-state index contributed by atoms with van der Waals surface area (Å²) < 4.78 is 4.27. The highest BCUT2D eigenvalue weighted by Crippen LogP contribution is 2.05. The van der Waals surface area contributed by atoms with Crippen LogP contribution in [0.5, 0.6) is 0 Å². The fourth-order valence-corrected chi connectivity index (χ4v) is 1.85. The molecule has 2 rings (SSSR count). The van der Waals surface area contributed by atoms with Gasteiger partial charge in [0.2, 0.25) is 0 Å². The van der Waals surface area contributed by atoms with Gasteiger partial charge in [0.25, 0.3) is 5.56 Å². The lowest BCUT2D eigenvalue weighted by Crippen LogP contribution is -2.50. The van der Waals surface area contributed by atoms with Crippen molar-refractivity contribution in [2.45, 2.75) is 13.0 Å². The van der Waals surface area contributed by atoms with E-state index in [0.29, 0.717) is 17.7 Å². The van der Waals surface area contributed by atoms with Crippen molar-refractivity contribution in [1.29, 1.82) is 0 Å². The molecule has 0 bridgehead atoms. The Morgan fingerprint density at radius 1 is 1.29 bits per heavy atom. The molecule has 0 saturated carbocycles. The fourth-order valence-electron chi connectivity index (χ4n) is 1.85. The van der Waals surface area contributed by atoms with Crippen LogP contribution in [-0.4, -0.2) is 25.2 Å². The molecule has 0 radical (unpaired) electrons. The van der Waals surface area contributed by atoms with Gasteiger partial charge in [-0.25, -0.2) is 9.78 Å². The maximum atomic E-state index is 12.0. The first-order valence-corrected chi connectivity index (χ1v) is 5.48. The number of hydrogen-bond acceptors (Lipinski definition) is 3. The maximum Gasteiger partial charge on any atom is 0.332 e. The third-order valence-electron chi connectivity index (χ3n) is 2.87. The zero-order chi connectivity index (χ0) is 12.6. The first kappa shape index (κ1) is 11.6. The number of fused-ring (bicyclic) bond motifs is 1. The second kappa shape index (κ2) is 4.17. The number of imidazole rings is 1. The predicted octanol–water partition coefficient (Wildman–Crippen LogP) is -1.93. The lowest BCUT2D eigenvalue weighted by molar-refractivity contribution is -0.368. The van der Waals surface area contributed by atoms with Crippen molar-refractivity contribution in [3.8, 4) is 0 Å². The van der Waals surface area contributed by atoms with E-state index >= 15 is 0 Å². The van der Waals surface area contributed by atoms with Crippen LogP contribution in [0.4, 0.5) is 0 Å². The molecule has 2 aromatic rings. The lowest BCUT2D eigenvalue weighted by atomic mass is 10.4. The zero-order valence-electron chi connectivity index (χ0n) is 10.0. The molecule has 2 aromatic heterocycles. The Bertz CT molecular complexity index is 664. The molecule has 0 aliphatic rings. The van der Waals surface area contributed by atoms with E-state index in [0.717, 1.165) is 17.5 Å². The van der Waals surface area contributed by atoms with Gasteiger partial charge in [-0.1, -0.05) is 0 Å². The van der Waals surface area contributed by atoms with E-state index in [9.17, 15) is 9.59 Å². The number of nitrogens with zero attached hydrogens (tertiary/aromatic N) is 4. The summed E-state index contributed by atoms with van der Waals surface area (Å²) in [5, 5.41) is 0. The summed E-state index contributed by atoms with van der Waals surface area (Å²) in [7, 11) is 3.09. The Hall–Kier alpha value is -1.89. The first-order valence-electron chi connectivity index (χ1n) is 5.48. The van der Waals surface area contributed by atoms with Gasteiger partial charge in [-0.2, -0.15) is 0 Å². The van der Waals surface area contributed by atoms with Crippen LogP contribution < -0.4 is 17.0 Å². The molecular formula is C10H16N5O2+. The molecule has 0 aromatic carbocycles. The number of aryl methyl sites for hydroxylation is 2. The SMILES string of the molecule is Cn1c(=O)c2c(ncn2CCC[NH3+])n(C)c1=O. The molecule has 92 valence electrons. The van der Waals surface area contributed by atoms with Crippen LogP contribution in [-0.2, 0) is 20.6 Å². The Labute approximate surface area is 97.1 Å². The normalized spacial score (nSPS) is 11.2. The second-order valence-corrected chi connectivity index (χ2v) is 4.02. The molecule has 0 aliphatic heterocycles. The highest BCUT2D eigenvalue weighted by atomic mass is 16.2. The summed E-state index contributed by atoms with van der Waals surface area (Å²) >= 11 is 0. The van der Waals surface area contributed by atoms with Crippen molar-refractivity contribution in [1.82, 2.24) is 18.7 Å². The van der Waals surface area contributed by atoms with Gasteiger partial charge in [0.1, 0.15) is 0 Å². The maximum absolute atomic E-state index is 12.0. The molecule has 0 amide bonds. The van der Waals surface area contributed by atoms with E-state index in [4.69, 9.17) is 0 Å². The average Bonchev–Trinajstić information content (AvgIpc) is 2.75. The van der Waals surface area contributed by atoms with Crippen LogP contribution in [0.2, 0.25) is 0 Å². The fraction of sp³-hybridized carbons (Fsp3) is 0.500. The largest absolute Gasteiger partial charge is 0.358 e. The predicted molar refractivity (Wildman–Crippen MR) is 62.6 cm³/mol. The minimum Gasteiger partial charge on any atom is -0.358 e. The van der Waals surface area contributed by atoms with Crippen molar-refractivity contribution in [2.75, 3.05) is 6.54 Å². The van der Waals surface area contributed by atoms with Crippen molar-refractivity contribution < 1.29 is 5.73 Å². The van der Waals surface area contributed by atoms with Crippen molar-refractivity contribution >= 4 is 11.2 Å². The average molecular weight is 238 g/mol. The van der Waals surface area contributed by atoms with Gasteiger partial charge >= 0.3 is 5.69 Å². The summed E-state index contributed by atoms with van der Waals surface area (Å²) in [5.41, 5.74) is 4.01. The molecule has 0 spiro atoms. The molecule has 3 N–H and O–H groups in total. The molecule has 0 fully saturated rings. The van der Waals surface area contributed by atoms with Crippen LogP contribution in [0, 0.1) is 0 Å². The van der Waals surface area contributed by atoms with Gasteiger partial charge in [-0.3, -0.25) is 13.9 Å². The highest BCUT2D eigenvalue weighted by Gasteiger charge is 2.13. The van der Waals surface area contributed by atoms with Gasteiger partial charge in [-0.05, 0) is 0 Å². The Balaban J connectivity index is 2.77. The number of rotatable bonds is 3. The smallest absolute Gasteiger partial charge is 0.332 e. The number of hydrogen-bond donors (Lipinski definition) is 1. The molecular weight excluding hydrogens is 222 g/mol. The minimum absolute atomic E-state index is 0.301. The van der Waals surface area contributed by atoms with Gasteiger partial charge in [0.05, 0.1) is 12.9 Å². The van der Waals surface area contributed by atoms with Crippen LogP contribution in [0.1, 0.15) is 6.42 Å². The third-order valence-corrected chi connectivity index (χ3v) is 2.87. The summed E-state index contributed by atoms with van der Waals surface area (Å²) in [5.74, 6) is 0. The van der Waals surface area contributed by atoms with E-state index in [2.05, 4.69) is 10.7 Å². The number of aromatic nitrogens is 4. The highest BCUT2D eigenvalue weighted by molar-refractivity contribution is 5.69. The standard InChI is InChI=1S/C10H15N5O2/c1-13-8-7(9(16)14(2)10(13)17)15(6-12-8)5-3-4-11/h6H,3-5,11H2,1-2H3/p+1. The van der Waals surface area contributed by atoms with Crippen LogP contribution >= 0.6 is 0 Å². The van der Waals surface area contributed by atoms with Crippen molar-refractivity contribution in [3.05, 3.63) is 27.2 Å². The molecule has 7 nitrogen and oxygen atoms in total. The molecule has 0 atom stereocenters. The first-order chi connectivity index (χ1) is 8.07. The Morgan fingerprint density at radius 2 is 2.00 bits per heavy atom. The molecule has 2 heterocycles. The van der Waals surface area contributed by atoms with Gasteiger partial charge in [-0.15, -0.1) is 0 Å². The quantitative estimate of drug-likeness (QED) is 0.675. The lowest BCUT2D eigenvalue weighted by Gasteiger charge is -2.05. The molecule has 7 heteroatoms. The van der Waals surface area contributed by atoms with E-state index in [1.165, 1.54) is 11.6 Å². The van der Waals surface area contributed by atoms with Gasteiger partial charge < -0.3 is 10.3 Å². The molecule has 0 aliphatic carbocycles. The molecule has 0 unspecified atom stereocenters. The van der Waals surface area contributed by atoms with Crippen LogP contribution in [0.25, 0.3) is 11.2 Å². The Kier molecular flexibility index (Phi) is 2.84. The van der Waals surface area contributed by atoms with E-state index in [1.54, 1.807) is 17.9 Å². The van der Waals surface area contributed by atoms with E-state index < -0.39 is 0 Å². The second-order valence-electron chi connectivity index (χ2n) is 4.02. The Morgan fingerprint density at radius 3 is 2.65 bits per heavy atom. The molecule has 17 heavy (non-hydrogen) atoms. The number of quaternary nitrogens is 1. The minimum atomic E-state index is -0.357. The van der Waals surface area contributed by atoms with E-state index in [1.807, 2.05) is 0 Å². The van der Waals surface area contributed by atoms with Gasteiger partial charge in [0.15, 0.2) is 11.2 Å². The topological polar surface area (TPSA) is 89.5 Å². The van der Waals surface area contributed by atoms with Crippen molar-refractivity contribution in [3.63, 3.8) is 0 Å². The van der Waals surface area contributed by atoms with Gasteiger partial charge in [0, 0.05) is 27.1 Å².